The molecule has 2 atom stereocenters. The number of fused-ring (bicyclic) bond motifs is 1. The van der Waals surface area contributed by atoms with E-state index in [1.165, 1.54) is 93.9 Å². The molecule has 0 radical (unpaired) electrons. The van der Waals surface area contributed by atoms with Gasteiger partial charge in [0.15, 0.2) is 0 Å². The molecule has 0 aromatic heterocycles. The molecule has 5 aromatic rings. The Morgan fingerprint density at radius 1 is 0.769 bits per heavy atom. The van der Waals surface area contributed by atoms with E-state index in [1.54, 1.807) is 0 Å². The molecule has 9 rings (SSSR count). The molecule has 0 spiro atoms. The van der Waals surface area contributed by atoms with E-state index < -0.39 is 0 Å². The summed E-state index contributed by atoms with van der Waals surface area (Å²) in [6.07, 6.45) is 24.9. The lowest BCUT2D eigenvalue weighted by Crippen LogP contribution is -2.29. The zero-order chi connectivity index (χ0) is 35.3. The fourth-order valence-corrected chi connectivity index (χ4v) is 8.98. The van der Waals surface area contributed by atoms with Gasteiger partial charge in [0, 0.05) is 28.9 Å². The number of allylic oxidation sites excluding steroid dienone is 10. The molecular weight excluding hydrogens is 627 g/mol. The number of rotatable bonds is 8. The van der Waals surface area contributed by atoms with E-state index in [1.807, 2.05) is 0 Å². The quantitative estimate of drug-likeness (QED) is 0.148. The smallest absolute Gasteiger partial charge is 0.0458 e. The van der Waals surface area contributed by atoms with Crippen molar-refractivity contribution in [3.63, 3.8) is 0 Å². The van der Waals surface area contributed by atoms with E-state index in [9.17, 15) is 0 Å². The second kappa shape index (κ2) is 13.1. The Bertz CT molecular complexity index is 2500. The van der Waals surface area contributed by atoms with Gasteiger partial charge in [-0.25, -0.2) is 0 Å². The van der Waals surface area contributed by atoms with Crippen molar-refractivity contribution in [1.82, 2.24) is 0 Å². The average Bonchev–Trinajstić information content (AvgIpc) is 3.17. The third kappa shape index (κ3) is 5.56. The molecule has 1 heteroatoms. The molecule has 0 bridgehead atoms. The van der Waals surface area contributed by atoms with Gasteiger partial charge in [0.1, 0.15) is 0 Å². The molecule has 0 N–H and O–H groups in total. The van der Waals surface area contributed by atoms with Crippen LogP contribution in [0.25, 0.3) is 39.6 Å². The van der Waals surface area contributed by atoms with Crippen LogP contribution in [0.1, 0.15) is 59.4 Å². The van der Waals surface area contributed by atoms with Gasteiger partial charge in [-0.3, -0.25) is 0 Å². The Morgan fingerprint density at radius 3 is 2.27 bits per heavy atom. The highest BCUT2D eigenvalue weighted by Gasteiger charge is 2.34. The molecule has 1 nitrogen and oxygen atoms in total. The lowest BCUT2D eigenvalue weighted by molar-refractivity contribution is 0.696. The van der Waals surface area contributed by atoms with Gasteiger partial charge >= 0.3 is 0 Å². The molecule has 0 amide bonds. The Morgan fingerprint density at radius 2 is 1.52 bits per heavy atom. The van der Waals surface area contributed by atoms with Gasteiger partial charge in [-0.1, -0.05) is 114 Å². The molecule has 0 aliphatic heterocycles. The normalized spacial score (nSPS) is 18.3. The van der Waals surface area contributed by atoms with E-state index in [-0.39, 0.29) is 5.92 Å². The maximum Gasteiger partial charge on any atom is 0.0458 e. The van der Waals surface area contributed by atoms with Crippen molar-refractivity contribution in [2.45, 2.75) is 52.4 Å². The van der Waals surface area contributed by atoms with Crippen molar-refractivity contribution in [3.05, 3.63) is 195 Å². The zero-order valence-electron chi connectivity index (χ0n) is 30.5. The predicted molar refractivity (Wildman–Crippen MR) is 223 cm³/mol. The van der Waals surface area contributed by atoms with Crippen molar-refractivity contribution in [3.8, 4) is 11.1 Å². The maximum absolute atomic E-state index is 4.15. The molecule has 4 aliphatic carbocycles. The minimum atomic E-state index is 0.219. The van der Waals surface area contributed by atoms with E-state index in [0.29, 0.717) is 5.92 Å². The Balaban J connectivity index is 1.26. The third-order valence-electron chi connectivity index (χ3n) is 11.4. The van der Waals surface area contributed by atoms with Crippen LogP contribution < -0.4 is 15.3 Å². The van der Waals surface area contributed by atoms with Crippen molar-refractivity contribution in [1.29, 1.82) is 0 Å². The Labute approximate surface area is 308 Å². The van der Waals surface area contributed by atoms with Crippen molar-refractivity contribution in [2.75, 3.05) is 4.90 Å². The highest BCUT2D eigenvalue weighted by Crippen LogP contribution is 2.49. The third-order valence-corrected chi connectivity index (χ3v) is 11.4. The van der Waals surface area contributed by atoms with Crippen LogP contribution in [0.2, 0.25) is 0 Å². The molecule has 0 heterocycles. The van der Waals surface area contributed by atoms with E-state index >= 15 is 0 Å². The number of hydrogen-bond donors (Lipinski definition) is 0. The summed E-state index contributed by atoms with van der Waals surface area (Å²) in [5.74, 6) is 0.653. The first-order valence-electron chi connectivity index (χ1n) is 18.9. The maximum atomic E-state index is 4.15. The SMILES string of the molecule is C=CCCC1=C(N(c2ccc(C)cc2)c2ccc(C)cc2)C2CC=CC=C2C(c2cc(C)cc(-c3cc4cccc5c4c4c3=CC=CC4CC=5)c2)=C1. The molecule has 52 heavy (non-hydrogen) atoms. The van der Waals surface area contributed by atoms with Crippen LogP contribution in [0, 0.1) is 26.7 Å². The Hall–Kier alpha value is -5.66. The first-order chi connectivity index (χ1) is 25.5. The van der Waals surface area contributed by atoms with Gasteiger partial charge in [0.2, 0.25) is 0 Å². The number of hydrogen-bond acceptors (Lipinski definition) is 1. The standard InChI is InChI=1S/C51H45N/c1-5-6-11-39-32-47(44-15-7-8-16-46(44)51(39)52(42-24-18-33(2)19-25-42)43-26-20-34(3)21-27-43)40-28-35(4)29-41(30-40)48-31-38-14-9-12-36-22-23-37-13-10-17-45(48)50(37)49(36)38/h5,7-10,12-15,17-22,24-32,37,46H,1,6,11,16,23H2,2-4H3. The zero-order valence-corrected chi connectivity index (χ0v) is 30.5. The topological polar surface area (TPSA) is 3.24 Å². The number of aryl methyl sites for hydroxylation is 3. The van der Waals surface area contributed by atoms with Gasteiger partial charge in [0.05, 0.1) is 0 Å². The van der Waals surface area contributed by atoms with Crippen LogP contribution in [-0.2, 0) is 0 Å². The minimum Gasteiger partial charge on any atom is -0.313 e. The van der Waals surface area contributed by atoms with E-state index in [0.717, 1.165) is 25.7 Å². The lowest BCUT2D eigenvalue weighted by atomic mass is 9.74. The van der Waals surface area contributed by atoms with Crippen LogP contribution in [0.3, 0.4) is 0 Å². The molecule has 0 fully saturated rings. The molecular formula is C51H45N. The molecule has 254 valence electrons. The summed E-state index contributed by atoms with van der Waals surface area (Å²) in [7, 11) is 0. The minimum absolute atomic E-state index is 0.219. The first kappa shape index (κ1) is 32.3. The molecule has 0 saturated carbocycles. The van der Waals surface area contributed by atoms with Crippen LogP contribution in [0.5, 0.6) is 0 Å². The van der Waals surface area contributed by atoms with Crippen molar-refractivity contribution >= 4 is 39.9 Å². The summed E-state index contributed by atoms with van der Waals surface area (Å²) in [5.41, 5.74) is 17.1. The summed E-state index contributed by atoms with van der Waals surface area (Å²) in [6, 6.07) is 34.6. The summed E-state index contributed by atoms with van der Waals surface area (Å²) in [4.78, 5) is 2.53. The van der Waals surface area contributed by atoms with Gasteiger partial charge in [-0.2, -0.15) is 0 Å². The van der Waals surface area contributed by atoms with Crippen LogP contribution in [-0.4, -0.2) is 0 Å². The lowest BCUT2D eigenvalue weighted by Gasteiger charge is -2.40. The molecule has 4 aliphatic rings. The summed E-state index contributed by atoms with van der Waals surface area (Å²) in [5, 5.41) is 5.52. The van der Waals surface area contributed by atoms with Crippen molar-refractivity contribution in [2.24, 2.45) is 5.92 Å². The fourth-order valence-electron chi connectivity index (χ4n) is 8.98. The van der Waals surface area contributed by atoms with E-state index in [2.05, 4.69) is 178 Å². The molecule has 5 aromatic carbocycles. The highest BCUT2D eigenvalue weighted by molar-refractivity contribution is 5.95. The number of benzene rings is 5. The first-order valence-corrected chi connectivity index (χ1v) is 18.9. The van der Waals surface area contributed by atoms with Gasteiger partial charge in [-0.15, -0.1) is 6.58 Å². The van der Waals surface area contributed by atoms with Crippen molar-refractivity contribution < 1.29 is 0 Å². The monoisotopic (exact) mass is 671 g/mol. The largest absolute Gasteiger partial charge is 0.313 e. The number of anilines is 2. The number of nitrogens with zero attached hydrogens (tertiary/aromatic N) is 1. The fraction of sp³-hybridized carbons (Fsp3) is 0.176. The van der Waals surface area contributed by atoms with E-state index in [4.69, 9.17) is 0 Å². The summed E-state index contributed by atoms with van der Waals surface area (Å²) >= 11 is 0. The highest BCUT2D eigenvalue weighted by atomic mass is 15.2. The van der Waals surface area contributed by atoms with Crippen LogP contribution in [0.4, 0.5) is 11.4 Å². The van der Waals surface area contributed by atoms with Crippen LogP contribution in [0.15, 0.2) is 157 Å². The second-order valence-corrected chi connectivity index (χ2v) is 15.0. The van der Waals surface area contributed by atoms with Gasteiger partial charge in [-0.05, 0) is 155 Å². The second-order valence-electron chi connectivity index (χ2n) is 15.0. The molecule has 2 unspecified atom stereocenters. The molecule has 0 saturated heterocycles. The van der Waals surface area contributed by atoms with Crippen LogP contribution >= 0.6 is 0 Å². The Kier molecular flexibility index (Phi) is 8.16. The summed E-state index contributed by atoms with van der Waals surface area (Å²) < 4.78 is 0. The average molecular weight is 672 g/mol. The van der Waals surface area contributed by atoms with Gasteiger partial charge in [0.25, 0.3) is 0 Å². The van der Waals surface area contributed by atoms with Gasteiger partial charge < -0.3 is 4.90 Å². The summed E-state index contributed by atoms with van der Waals surface area (Å²) in [6.45, 7) is 10.7. The predicted octanol–water partition coefficient (Wildman–Crippen LogP) is 12.0.